The van der Waals surface area contributed by atoms with Crippen LogP contribution in [-0.2, 0) is 17.8 Å². The lowest BCUT2D eigenvalue weighted by Crippen LogP contribution is -2.47. The lowest BCUT2D eigenvalue weighted by molar-refractivity contribution is -0.123. The molecule has 7 nitrogen and oxygen atoms in total. The number of nitrogens with one attached hydrogen (secondary N) is 3. The van der Waals surface area contributed by atoms with E-state index in [0.717, 1.165) is 16.5 Å². The summed E-state index contributed by atoms with van der Waals surface area (Å²) in [5.74, 6) is 0.693. The van der Waals surface area contributed by atoms with Crippen molar-refractivity contribution >= 4 is 22.7 Å². The zero-order chi connectivity index (χ0) is 21.6. The Hall–Kier alpha value is -4.00. The molecule has 0 bridgehead atoms. The standard InChI is InChI=1S/C24H23N3O4/c1-30-18-10-9-17-13-22(26-20(17)14-18)24(29)27-21(12-16-6-3-2-4-7-16)23(28)25-15-19-8-5-11-31-19/h2-11,13-14,21,26H,12,15H2,1H3,(H,25,28)(H,27,29). The second-order valence-electron chi connectivity index (χ2n) is 7.15. The number of aromatic amines is 1. The second-order valence-corrected chi connectivity index (χ2v) is 7.15. The predicted molar refractivity (Wildman–Crippen MR) is 117 cm³/mol. The maximum absolute atomic E-state index is 12.9. The number of furan rings is 1. The molecule has 0 saturated carbocycles. The summed E-state index contributed by atoms with van der Waals surface area (Å²) in [6.45, 7) is 0.249. The molecule has 0 radical (unpaired) electrons. The molecule has 4 rings (SSSR count). The van der Waals surface area contributed by atoms with Crippen molar-refractivity contribution in [3.05, 3.63) is 90.0 Å². The Morgan fingerprint density at radius 1 is 1.06 bits per heavy atom. The minimum absolute atomic E-state index is 0.249. The van der Waals surface area contributed by atoms with Gasteiger partial charge in [0.15, 0.2) is 0 Å². The van der Waals surface area contributed by atoms with Gasteiger partial charge >= 0.3 is 0 Å². The molecule has 1 atom stereocenters. The molecule has 31 heavy (non-hydrogen) atoms. The van der Waals surface area contributed by atoms with Crippen molar-refractivity contribution in [2.75, 3.05) is 7.11 Å². The van der Waals surface area contributed by atoms with Crippen molar-refractivity contribution in [3.63, 3.8) is 0 Å². The summed E-state index contributed by atoms with van der Waals surface area (Å²) >= 11 is 0. The summed E-state index contributed by atoms with van der Waals surface area (Å²) in [5.41, 5.74) is 2.11. The highest BCUT2D eigenvalue weighted by Crippen LogP contribution is 2.21. The Labute approximate surface area is 179 Å². The maximum Gasteiger partial charge on any atom is 0.268 e. The van der Waals surface area contributed by atoms with Gasteiger partial charge in [-0.25, -0.2) is 0 Å². The number of carbonyl (C=O) groups is 2. The third kappa shape index (κ3) is 4.95. The van der Waals surface area contributed by atoms with Crippen molar-refractivity contribution in [2.45, 2.75) is 19.0 Å². The normalized spacial score (nSPS) is 11.8. The summed E-state index contributed by atoms with van der Waals surface area (Å²) in [6.07, 6.45) is 1.92. The number of fused-ring (bicyclic) bond motifs is 1. The number of carbonyl (C=O) groups excluding carboxylic acids is 2. The molecular formula is C24H23N3O4. The molecular weight excluding hydrogens is 394 g/mol. The Kier molecular flexibility index (Phi) is 6.03. The van der Waals surface area contributed by atoms with E-state index in [1.807, 2.05) is 48.5 Å². The average Bonchev–Trinajstić information content (AvgIpc) is 3.47. The number of benzene rings is 2. The van der Waals surface area contributed by atoms with Gasteiger partial charge in [0.05, 0.1) is 19.9 Å². The molecule has 158 valence electrons. The molecule has 7 heteroatoms. The molecule has 0 aliphatic heterocycles. The Morgan fingerprint density at radius 2 is 1.90 bits per heavy atom. The molecule has 1 unspecified atom stereocenters. The largest absolute Gasteiger partial charge is 0.497 e. The van der Waals surface area contributed by atoms with Gasteiger partial charge in [-0.15, -0.1) is 0 Å². The topological polar surface area (TPSA) is 96.4 Å². The van der Waals surface area contributed by atoms with Crippen LogP contribution in [0.25, 0.3) is 10.9 Å². The minimum Gasteiger partial charge on any atom is -0.497 e. The summed E-state index contributed by atoms with van der Waals surface area (Å²) in [6, 6.07) is 19.6. The third-order valence-electron chi connectivity index (χ3n) is 5.00. The lowest BCUT2D eigenvalue weighted by Gasteiger charge is -2.18. The minimum atomic E-state index is -0.745. The van der Waals surface area contributed by atoms with E-state index < -0.39 is 6.04 Å². The van der Waals surface area contributed by atoms with Gasteiger partial charge in [-0.3, -0.25) is 9.59 Å². The number of H-pyrrole nitrogens is 1. The number of ether oxygens (including phenoxy) is 1. The van der Waals surface area contributed by atoms with E-state index in [2.05, 4.69) is 15.6 Å². The molecule has 2 heterocycles. The molecule has 0 fully saturated rings. The van der Waals surface area contributed by atoms with E-state index in [-0.39, 0.29) is 18.4 Å². The summed E-state index contributed by atoms with van der Waals surface area (Å²) < 4.78 is 10.5. The Morgan fingerprint density at radius 3 is 2.65 bits per heavy atom. The predicted octanol–water partition coefficient (Wildman–Crippen LogP) is 3.43. The van der Waals surface area contributed by atoms with Crippen LogP contribution < -0.4 is 15.4 Å². The van der Waals surface area contributed by atoms with Gasteiger partial charge in [-0.05, 0) is 35.9 Å². The highest BCUT2D eigenvalue weighted by Gasteiger charge is 2.23. The van der Waals surface area contributed by atoms with Gasteiger partial charge < -0.3 is 24.8 Å². The number of hydrogen-bond donors (Lipinski definition) is 3. The van der Waals surface area contributed by atoms with Gasteiger partial charge in [0.25, 0.3) is 5.91 Å². The van der Waals surface area contributed by atoms with E-state index in [1.54, 1.807) is 31.6 Å². The van der Waals surface area contributed by atoms with E-state index in [4.69, 9.17) is 9.15 Å². The van der Waals surface area contributed by atoms with Crippen LogP contribution >= 0.6 is 0 Å². The maximum atomic E-state index is 12.9. The van der Waals surface area contributed by atoms with E-state index >= 15 is 0 Å². The average molecular weight is 417 g/mol. The molecule has 3 N–H and O–H groups in total. The number of methoxy groups -OCH3 is 1. The fourth-order valence-corrected chi connectivity index (χ4v) is 3.36. The first-order valence-corrected chi connectivity index (χ1v) is 9.94. The van der Waals surface area contributed by atoms with Gasteiger partial charge in [0.1, 0.15) is 23.2 Å². The van der Waals surface area contributed by atoms with E-state index in [9.17, 15) is 9.59 Å². The van der Waals surface area contributed by atoms with Gasteiger partial charge in [-0.2, -0.15) is 0 Å². The fraction of sp³-hybridized carbons (Fsp3) is 0.167. The SMILES string of the molecule is COc1ccc2cc(C(=O)NC(Cc3ccccc3)C(=O)NCc3ccco3)[nH]c2c1. The third-order valence-corrected chi connectivity index (χ3v) is 5.00. The first-order chi connectivity index (χ1) is 15.1. The monoisotopic (exact) mass is 417 g/mol. The van der Waals surface area contributed by atoms with Crippen LogP contribution in [0.2, 0.25) is 0 Å². The van der Waals surface area contributed by atoms with Gasteiger partial charge in [-0.1, -0.05) is 30.3 Å². The first-order valence-electron chi connectivity index (χ1n) is 9.94. The van der Waals surface area contributed by atoms with Crippen LogP contribution in [0.1, 0.15) is 21.8 Å². The second kappa shape index (κ2) is 9.21. The van der Waals surface area contributed by atoms with Crippen molar-refractivity contribution < 1.29 is 18.7 Å². The van der Waals surface area contributed by atoms with Crippen molar-refractivity contribution in [3.8, 4) is 5.75 Å². The number of rotatable bonds is 8. The first kappa shape index (κ1) is 20.3. The quantitative estimate of drug-likeness (QED) is 0.409. The van der Waals surface area contributed by atoms with Gasteiger partial charge in [0.2, 0.25) is 5.91 Å². The summed E-state index contributed by atoms with van der Waals surface area (Å²) in [4.78, 5) is 28.9. The number of aromatic nitrogens is 1. The van der Waals surface area contributed by atoms with Gasteiger partial charge in [0, 0.05) is 23.4 Å². The van der Waals surface area contributed by atoms with Crippen LogP contribution in [0.4, 0.5) is 0 Å². The zero-order valence-corrected chi connectivity index (χ0v) is 17.1. The van der Waals surface area contributed by atoms with Crippen molar-refractivity contribution in [1.82, 2.24) is 15.6 Å². The number of amides is 2. The highest BCUT2D eigenvalue weighted by molar-refractivity contribution is 6.00. The molecule has 4 aromatic rings. The molecule has 2 aromatic carbocycles. The zero-order valence-electron chi connectivity index (χ0n) is 17.1. The highest BCUT2D eigenvalue weighted by atomic mass is 16.5. The molecule has 0 saturated heterocycles. The van der Waals surface area contributed by atoms with Crippen LogP contribution in [-0.4, -0.2) is 29.9 Å². The van der Waals surface area contributed by atoms with Crippen molar-refractivity contribution in [2.24, 2.45) is 0 Å². The number of hydrogen-bond acceptors (Lipinski definition) is 4. The van der Waals surface area contributed by atoms with Crippen LogP contribution in [0.5, 0.6) is 5.75 Å². The fourth-order valence-electron chi connectivity index (χ4n) is 3.36. The molecule has 2 aromatic heterocycles. The Bertz CT molecular complexity index is 1170. The smallest absolute Gasteiger partial charge is 0.268 e. The Balaban J connectivity index is 1.51. The van der Waals surface area contributed by atoms with E-state index in [0.29, 0.717) is 23.6 Å². The van der Waals surface area contributed by atoms with Crippen LogP contribution in [0.15, 0.2) is 77.4 Å². The van der Waals surface area contributed by atoms with Crippen LogP contribution in [0, 0.1) is 0 Å². The summed E-state index contributed by atoms with van der Waals surface area (Å²) in [7, 11) is 1.59. The molecule has 0 aliphatic rings. The molecule has 0 aliphatic carbocycles. The molecule has 2 amide bonds. The van der Waals surface area contributed by atoms with Crippen LogP contribution in [0.3, 0.4) is 0 Å². The van der Waals surface area contributed by atoms with E-state index in [1.165, 1.54) is 0 Å². The lowest BCUT2D eigenvalue weighted by atomic mass is 10.0. The van der Waals surface area contributed by atoms with Crippen molar-refractivity contribution in [1.29, 1.82) is 0 Å². The summed E-state index contributed by atoms with van der Waals surface area (Å²) in [5, 5.41) is 6.57. The molecule has 0 spiro atoms.